The summed E-state index contributed by atoms with van der Waals surface area (Å²) in [5, 5.41) is 8.89. The van der Waals surface area contributed by atoms with Gasteiger partial charge in [-0.1, -0.05) is 12.1 Å². The maximum atomic E-state index is 12.9. The minimum atomic E-state index is -0.00382. The Labute approximate surface area is 191 Å². The molecule has 1 aromatic carbocycles. The second-order valence-electron chi connectivity index (χ2n) is 8.16. The number of aryl methyl sites for hydroxylation is 1. The molecule has 33 heavy (non-hydrogen) atoms. The number of hydrogen-bond acceptors (Lipinski definition) is 6. The van der Waals surface area contributed by atoms with Crippen LogP contribution in [0.25, 0.3) is 16.8 Å². The van der Waals surface area contributed by atoms with E-state index in [2.05, 4.69) is 5.10 Å². The van der Waals surface area contributed by atoms with Crippen LogP contribution in [0.1, 0.15) is 35.1 Å². The van der Waals surface area contributed by atoms with E-state index in [0.29, 0.717) is 23.7 Å². The topological polar surface area (TPSA) is 86.8 Å². The predicted molar refractivity (Wildman–Crippen MR) is 123 cm³/mol. The molecule has 1 aliphatic heterocycles. The zero-order valence-electron chi connectivity index (χ0n) is 18.9. The Hall–Kier alpha value is -3.88. The van der Waals surface area contributed by atoms with Crippen LogP contribution < -0.4 is 9.47 Å². The number of pyridine rings is 1. The van der Waals surface area contributed by atoms with E-state index in [4.69, 9.17) is 19.6 Å². The summed E-state index contributed by atoms with van der Waals surface area (Å²) in [7, 11) is 5.04. The highest BCUT2D eigenvalue weighted by molar-refractivity contribution is 5.92. The van der Waals surface area contributed by atoms with E-state index < -0.39 is 0 Å². The maximum Gasteiger partial charge on any atom is 0.272 e. The second-order valence-corrected chi connectivity index (χ2v) is 8.16. The largest absolute Gasteiger partial charge is 0.493 e. The van der Waals surface area contributed by atoms with Crippen LogP contribution in [-0.4, -0.2) is 62.5 Å². The van der Waals surface area contributed by atoms with Gasteiger partial charge >= 0.3 is 0 Å². The van der Waals surface area contributed by atoms with Crippen molar-refractivity contribution in [1.82, 2.24) is 29.3 Å². The van der Waals surface area contributed by atoms with Gasteiger partial charge in [0.25, 0.3) is 5.91 Å². The summed E-state index contributed by atoms with van der Waals surface area (Å²) < 4.78 is 14.4. The Balaban J connectivity index is 1.42. The number of rotatable bonds is 5. The van der Waals surface area contributed by atoms with Crippen molar-refractivity contribution in [2.24, 2.45) is 7.05 Å². The number of aromatic nitrogens is 5. The number of para-hydroxylation sites is 1. The number of carbonyl (C=O) groups is 1. The van der Waals surface area contributed by atoms with Gasteiger partial charge in [-0.3, -0.25) is 9.48 Å². The van der Waals surface area contributed by atoms with E-state index in [1.54, 1.807) is 42.7 Å². The van der Waals surface area contributed by atoms with Gasteiger partial charge in [-0.05, 0) is 37.1 Å². The van der Waals surface area contributed by atoms with Crippen molar-refractivity contribution in [3.8, 4) is 22.6 Å². The second kappa shape index (κ2) is 8.57. The SMILES string of the molecule is COc1cccc(-c2ccc3nc([C@H]4CCCN(C(=O)c5ccnn5C)C4)nn3c2)c1OC. The van der Waals surface area contributed by atoms with Crippen molar-refractivity contribution in [2.45, 2.75) is 18.8 Å². The Morgan fingerprint density at radius 2 is 2.00 bits per heavy atom. The van der Waals surface area contributed by atoms with E-state index in [0.717, 1.165) is 42.0 Å². The van der Waals surface area contributed by atoms with Gasteiger partial charge < -0.3 is 14.4 Å². The van der Waals surface area contributed by atoms with E-state index in [9.17, 15) is 4.79 Å². The summed E-state index contributed by atoms with van der Waals surface area (Å²) in [4.78, 5) is 19.6. The molecule has 0 unspecified atom stereocenters. The molecular formula is C24H26N6O3. The molecule has 1 fully saturated rings. The number of amides is 1. The molecule has 1 atom stereocenters. The molecule has 4 aromatic rings. The third-order valence-corrected chi connectivity index (χ3v) is 6.18. The van der Waals surface area contributed by atoms with Crippen LogP contribution in [0, 0.1) is 0 Å². The monoisotopic (exact) mass is 446 g/mol. The number of fused-ring (bicyclic) bond motifs is 1. The van der Waals surface area contributed by atoms with Crippen LogP contribution in [0.3, 0.4) is 0 Å². The summed E-state index contributed by atoms with van der Waals surface area (Å²) >= 11 is 0. The van der Waals surface area contributed by atoms with Crippen molar-refractivity contribution in [3.63, 3.8) is 0 Å². The Kier molecular flexibility index (Phi) is 5.45. The fraction of sp³-hybridized carbons (Fsp3) is 0.333. The lowest BCUT2D eigenvalue weighted by molar-refractivity contribution is 0.0693. The molecule has 0 N–H and O–H groups in total. The first-order chi connectivity index (χ1) is 16.1. The molecule has 0 bridgehead atoms. The number of hydrogen-bond donors (Lipinski definition) is 0. The van der Waals surface area contributed by atoms with Gasteiger partial charge in [0.2, 0.25) is 0 Å². The van der Waals surface area contributed by atoms with Gasteiger partial charge in [-0.25, -0.2) is 9.50 Å². The van der Waals surface area contributed by atoms with Gasteiger partial charge in [-0.15, -0.1) is 0 Å². The number of carbonyl (C=O) groups excluding carboxylic acids is 1. The normalized spacial score (nSPS) is 16.2. The predicted octanol–water partition coefficient (Wildman–Crippen LogP) is 3.17. The van der Waals surface area contributed by atoms with Crippen molar-refractivity contribution >= 4 is 11.6 Å². The molecule has 1 saturated heterocycles. The smallest absolute Gasteiger partial charge is 0.272 e. The van der Waals surface area contributed by atoms with Gasteiger partial charge in [-0.2, -0.15) is 10.2 Å². The number of likely N-dealkylation sites (tertiary alicyclic amines) is 1. The number of ether oxygens (including phenoxy) is 2. The molecule has 3 aromatic heterocycles. The molecular weight excluding hydrogens is 420 g/mol. The molecule has 1 amide bonds. The van der Waals surface area contributed by atoms with Crippen LogP contribution in [0.5, 0.6) is 11.5 Å². The van der Waals surface area contributed by atoms with Gasteiger partial charge in [0.05, 0.1) is 14.2 Å². The third kappa shape index (κ3) is 3.79. The fourth-order valence-electron chi connectivity index (χ4n) is 4.47. The highest BCUT2D eigenvalue weighted by atomic mass is 16.5. The maximum absolute atomic E-state index is 12.9. The third-order valence-electron chi connectivity index (χ3n) is 6.18. The molecule has 0 radical (unpaired) electrons. The lowest BCUT2D eigenvalue weighted by Gasteiger charge is -2.31. The first kappa shape index (κ1) is 21.0. The molecule has 9 heteroatoms. The van der Waals surface area contributed by atoms with Gasteiger partial charge in [0.15, 0.2) is 23.0 Å². The zero-order valence-corrected chi connectivity index (χ0v) is 18.9. The van der Waals surface area contributed by atoms with Crippen molar-refractivity contribution < 1.29 is 14.3 Å². The average Bonchev–Trinajstić information content (AvgIpc) is 3.48. The van der Waals surface area contributed by atoms with Crippen molar-refractivity contribution in [2.75, 3.05) is 27.3 Å². The Morgan fingerprint density at radius 3 is 2.76 bits per heavy atom. The van der Waals surface area contributed by atoms with Crippen LogP contribution in [0.15, 0.2) is 48.8 Å². The molecule has 5 rings (SSSR count). The van der Waals surface area contributed by atoms with Gasteiger partial charge in [0.1, 0.15) is 5.69 Å². The van der Waals surface area contributed by atoms with Crippen molar-refractivity contribution in [3.05, 3.63) is 60.3 Å². The van der Waals surface area contributed by atoms with E-state index in [1.807, 2.05) is 41.4 Å². The lowest BCUT2D eigenvalue weighted by atomic mass is 9.97. The minimum Gasteiger partial charge on any atom is -0.493 e. The summed E-state index contributed by atoms with van der Waals surface area (Å²) in [5.41, 5.74) is 3.23. The molecule has 9 nitrogen and oxygen atoms in total. The molecule has 0 spiro atoms. The zero-order chi connectivity index (χ0) is 22.9. The van der Waals surface area contributed by atoms with Gasteiger partial charge in [0, 0.05) is 49.6 Å². The highest BCUT2D eigenvalue weighted by Gasteiger charge is 2.29. The van der Waals surface area contributed by atoms with Crippen LogP contribution in [-0.2, 0) is 7.05 Å². The average molecular weight is 447 g/mol. The van der Waals surface area contributed by atoms with E-state index >= 15 is 0 Å². The highest BCUT2D eigenvalue weighted by Crippen LogP contribution is 2.37. The summed E-state index contributed by atoms with van der Waals surface area (Å²) in [6, 6.07) is 11.5. The lowest BCUT2D eigenvalue weighted by Crippen LogP contribution is -2.40. The minimum absolute atomic E-state index is 0.00382. The van der Waals surface area contributed by atoms with Crippen molar-refractivity contribution in [1.29, 1.82) is 0 Å². The molecule has 4 heterocycles. The number of methoxy groups -OCH3 is 2. The number of piperidine rings is 1. The molecule has 1 aliphatic rings. The Morgan fingerprint density at radius 1 is 1.12 bits per heavy atom. The summed E-state index contributed by atoms with van der Waals surface area (Å²) in [6.07, 6.45) is 5.45. The molecule has 0 aliphatic carbocycles. The molecule has 170 valence electrons. The quantitative estimate of drug-likeness (QED) is 0.468. The van der Waals surface area contributed by atoms with Crippen LogP contribution in [0.4, 0.5) is 0 Å². The Bertz CT molecular complexity index is 1310. The first-order valence-electron chi connectivity index (χ1n) is 10.9. The van der Waals surface area contributed by atoms with E-state index in [-0.39, 0.29) is 11.8 Å². The molecule has 0 saturated carbocycles. The number of nitrogens with zero attached hydrogens (tertiary/aromatic N) is 6. The fourth-order valence-corrected chi connectivity index (χ4v) is 4.47. The van der Waals surface area contributed by atoms with Crippen LogP contribution in [0.2, 0.25) is 0 Å². The first-order valence-corrected chi connectivity index (χ1v) is 10.9. The summed E-state index contributed by atoms with van der Waals surface area (Å²) in [5.74, 6) is 2.19. The van der Waals surface area contributed by atoms with E-state index in [1.165, 1.54) is 0 Å². The summed E-state index contributed by atoms with van der Waals surface area (Å²) in [6.45, 7) is 1.32. The number of benzene rings is 1. The van der Waals surface area contributed by atoms with Crippen LogP contribution >= 0.6 is 0 Å². The standard InChI is InChI=1S/C24H26N6O3/c1-28-19(11-12-25-28)24(31)29-13-5-6-17(14-29)23-26-21-10-9-16(15-30(21)27-23)18-7-4-8-20(32-2)22(18)33-3/h4,7-12,15,17H,5-6,13-14H2,1-3H3/t17-/m0/s1.